The third kappa shape index (κ3) is 1.42. The molecule has 0 aliphatic carbocycles. The topological polar surface area (TPSA) is 21.6 Å². The molecule has 1 aliphatic heterocycles. The van der Waals surface area contributed by atoms with Gasteiger partial charge >= 0.3 is 0 Å². The van der Waals surface area contributed by atoms with Gasteiger partial charge in [-0.2, -0.15) is 4.84 Å². The Bertz CT molecular complexity index is 211. The maximum absolute atomic E-state index is 5.66. The fourth-order valence-corrected chi connectivity index (χ4v) is 1.50. The minimum atomic E-state index is 0.493. The lowest BCUT2D eigenvalue weighted by molar-refractivity contribution is -0.992. The molecule has 0 saturated carbocycles. The van der Waals surface area contributed by atoms with Crippen molar-refractivity contribution in [3.8, 4) is 0 Å². The zero-order chi connectivity index (χ0) is 9.03. The summed E-state index contributed by atoms with van der Waals surface area (Å²) >= 11 is 0. The molecule has 0 amide bonds. The van der Waals surface area contributed by atoms with Crippen molar-refractivity contribution in [1.82, 2.24) is 0 Å². The van der Waals surface area contributed by atoms with Crippen LogP contribution in [0.25, 0.3) is 0 Å². The second-order valence-corrected chi connectivity index (χ2v) is 2.73. The first-order valence-electron chi connectivity index (χ1n) is 4.56. The maximum atomic E-state index is 5.66. The standard InChI is InChI=1S/C9H17N2O/c1-4-9-10-7-8-11(9,5-2)12-6-3/h7-8H,4-6H2,1-3H3/q+1. The average molecular weight is 169 g/mol. The largest absolute Gasteiger partial charge is 0.240 e. The Morgan fingerprint density at radius 3 is 2.67 bits per heavy atom. The van der Waals surface area contributed by atoms with E-state index in [1.807, 2.05) is 19.3 Å². The molecule has 1 rings (SSSR count). The Morgan fingerprint density at radius 1 is 1.42 bits per heavy atom. The normalized spacial score (nSPS) is 27.8. The van der Waals surface area contributed by atoms with Crippen LogP contribution in [-0.2, 0) is 4.84 Å². The van der Waals surface area contributed by atoms with Gasteiger partial charge in [0.05, 0.1) is 6.20 Å². The van der Waals surface area contributed by atoms with Crippen LogP contribution in [0.2, 0.25) is 0 Å². The molecular weight excluding hydrogens is 152 g/mol. The van der Waals surface area contributed by atoms with Crippen molar-refractivity contribution in [3.63, 3.8) is 0 Å². The van der Waals surface area contributed by atoms with E-state index in [1.54, 1.807) is 0 Å². The van der Waals surface area contributed by atoms with E-state index in [0.29, 0.717) is 4.65 Å². The first-order valence-corrected chi connectivity index (χ1v) is 4.56. The lowest BCUT2D eigenvalue weighted by Crippen LogP contribution is -2.45. The van der Waals surface area contributed by atoms with Crippen molar-refractivity contribution in [2.45, 2.75) is 27.2 Å². The molecule has 3 nitrogen and oxygen atoms in total. The molecule has 1 heterocycles. The summed E-state index contributed by atoms with van der Waals surface area (Å²) in [4.78, 5) is 9.94. The van der Waals surface area contributed by atoms with E-state index < -0.39 is 0 Å². The molecule has 0 spiro atoms. The summed E-state index contributed by atoms with van der Waals surface area (Å²) < 4.78 is 0.493. The van der Waals surface area contributed by atoms with Crippen molar-refractivity contribution in [2.24, 2.45) is 4.99 Å². The number of hydrogen-bond acceptors (Lipinski definition) is 2. The second kappa shape index (κ2) is 3.83. The van der Waals surface area contributed by atoms with Crippen molar-refractivity contribution < 1.29 is 9.48 Å². The maximum Gasteiger partial charge on any atom is 0.240 e. The van der Waals surface area contributed by atoms with Crippen LogP contribution in [-0.4, -0.2) is 23.6 Å². The van der Waals surface area contributed by atoms with Crippen molar-refractivity contribution in [2.75, 3.05) is 13.2 Å². The summed E-state index contributed by atoms with van der Waals surface area (Å²) in [6, 6.07) is 0. The van der Waals surface area contributed by atoms with Crippen molar-refractivity contribution >= 4 is 5.84 Å². The van der Waals surface area contributed by atoms with Crippen LogP contribution in [0.3, 0.4) is 0 Å². The molecule has 0 aromatic heterocycles. The highest BCUT2D eigenvalue weighted by molar-refractivity contribution is 5.77. The number of rotatable bonds is 4. The molecule has 1 unspecified atom stereocenters. The number of aliphatic imine (C=N–C) groups is 1. The van der Waals surface area contributed by atoms with Gasteiger partial charge in [-0.25, -0.2) is 4.99 Å². The van der Waals surface area contributed by atoms with Crippen molar-refractivity contribution in [3.05, 3.63) is 12.4 Å². The number of nitrogens with zero attached hydrogens (tertiary/aromatic N) is 2. The highest BCUT2D eigenvalue weighted by atomic mass is 16.7. The summed E-state index contributed by atoms with van der Waals surface area (Å²) in [6.07, 6.45) is 4.78. The summed E-state index contributed by atoms with van der Waals surface area (Å²) in [5.74, 6) is 1.10. The van der Waals surface area contributed by atoms with Crippen LogP contribution >= 0.6 is 0 Å². The predicted octanol–water partition coefficient (Wildman–Crippen LogP) is 2.07. The monoisotopic (exact) mass is 169 g/mol. The van der Waals surface area contributed by atoms with Crippen LogP contribution in [0, 0.1) is 0 Å². The van der Waals surface area contributed by atoms with E-state index >= 15 is 0 Å². The summed E-state index contributed by atoms with van der Waals surface area (Å²) in [7, 11) is 0. The third-order valence-corrected chi connectivity index (χ3v) is 2.11. The van der Waals surface area contributed by atoms with Gasteiger partial charge < -0.3 is 0 Å². The molecule has 12 heavy (non-hydrogen) atoms. The lowest BCUT2D eigenvalue weighted by Gasteiger charge is -2.26. The fourth-order valence-electron chi connectivity index (χ4n) is 1.50. The Balaban J connectivity index is 2.78. The van der Waals surface area contributed by atoms with E-state index in [1.165, 1.54) is 0 Å². The van der Waals surface area contributed by atoms with Gasteiger partial charge in [-0.15, -0.1) is 4.65 Å². The molecule has 0 saturated heterocycles. The minimum Gasteiger partial charge on any atom is -0.200 e. The highest BCUT2D eigenvalue weighted by Gasteiger charge is 2.34. The van der Waals surface area contributed by atoms with E-state index in [4.69, 9.17) is 4.84 Å². The van der Waals surface area contributed by atoms with Gasteiger partial charge in [-0.1, -0.05) is 6.92 Å². The van der Waals surface area contributed by atoms with Crippen molar-refractivity contribution in [1.29, 1.82) is 0 Å². The Morgan fingerprint density at radius 2 is 2.17 bits per heavy atom. The summed E-state index contributed by atoms with van der Waals surface area (Å²) in [5.41, 5.74) is 0. The summed E-state index contributed by atoms with van der Waals surface area (Å²) in [6.45, 7) is 7.85. The number of hydrogen-bond donors (Lipinski definition) is 0. The Labute approximate surface area is 73.9 Å². The average Bonchev–Trinajstić information content (AvgIpc) is 2.49. The number of hydroxylamine groups is 3. The van der Waals surface area contributed by atoms with Gasteiger partial charge in [-0.05, 0) is 13.8 Å². The van der Waals surface area contributed by atoms with Gasteiger partial charge in [0.15, 0.2) is 6.20 Å². The molecule has 0 N–H and O–H groups in total. The molecule has 0 aromatic carbocycles. The van der Waals surface area contributed by atoms with Crippen LogP contribution in [0.15, 0.2) is 17.4 Å². The van der Waals surface area contributed by atoms with E-state index in [2.05, 4.69) is 18.8 Å². The molecule has 68 valence electrons. The molecule has 0 radical (unpaired) electrons. The summed E-state index contributed by atoms with van der Waals surface area (Å²) in [5, 5.41) is 0. The lowest BCUT2D eigenvalue weighted by atomic mass is 10.4. The molecule has 0 fully saturated rings. The van der Waals surface area contributed by atoms with Gasteiger partial charge in [0.2, 0.25) is 5.84 Å². The van der Waals surface area contributed by atoms with Crippen LogP contribution < -0.4 is 0 Å². The van der Waals surface area contributed by atoms with Gasteiger partial charge in [-0.3, -0.25) is 0 Å². The first kappa shape index (κ1) is 9.42. The van der Waals surface area contributed by atoms with E-state index in [9.17, 15) is 0 Å². The van der Waals surface area contributed by atoms with Gasteiger partial charge in [0, 0.05) is 6.42 Å². The minimum absolute atomic E-state index is 0.493. The van der Waals surface area contributed by atoms with Gasteiger partial charge in [0.1, 0.15) is 13.2 Å². The second-order valence-electron chi connectivity index (χ2n) is 2.73. The molecule has 0 aromatic rings. The predicted molar refractivity (Wildman–Crippen MR) is 49.3 cm³/mol. The third-order valence-electron chi connectivity index (χ3n) is 2.11. The Hall–Kier alpha value is -0.670. The molecule has 1 aliphatic rings. The molecule has 0 bridgehead atoms. The quantitative estimate of drug-likeness (QED) is 0.590. The van der Waals surface area contributed by atoms with E-state index in [-0.39, 0.29) is 0 Å². The van der Waals surface area contributed by atoms with Crippen LogP contribution in [0.4, 0.5) is 0 Å². The van der Waals surface area contributed by atoms with Crippen LogP contribution in [0.1, 0.15) is 27.2 Å². The smallest absolute Gasteiger partial charge is 0.200 e. The first-order chi connectivity index (χ1) is 5.79. The molecule has 1 atom stereocenters. The number of amidine groups is 1. The van der Waals surface area contributed by atoms with E-state index in [0.717, 1.165) is 25.4 Å². The van der Waals surface area contributed by atoms with Crippen LogP contribution in [0.5, 0.6) is 0 Å². The SMILES string of the molecule is CCO[N+]1(CC)C=CN=C1CC. The molecular formula is C9H17N2O+. The zero-order valence-corrected chi connectivity index (χ0v) is 8.08. The Kier molecular flexibility index (Phi) is 3.00. The van der Waals surface area contributed by atoms with Gasteiger partial charge in [0.25, 0.3) is 0 Å². The fraction of sp³-hybridized carbons (Fsp3) is 0.667. The number of quaternary nitrogens is 1. The highest BCUT2D eigenvalue weighted by Crippen LogP contribution is 2.19. The zero-order valence-electron chi connectivity index (χ0n) is 8.08. The molecule has 3 heteroatoms.